The highest BCUT2D eigenvalue weighted by Gasteiger charge is 2.16. The molecule has 0 bridgehead atoms. The van der Waals surface area contributed by atoms with Gasteiger partial charge in [-0.15, -0.1) is 11.3 Å². The fraction of sp³-hybridized carbons (Fsp3) is 0.538. The number of aromatic nitrogens is 3. The second-order valence-corrected chi connectivity index (χ2v) is 5.64. The zero-order chi connectivity index (χ0) is 13.3. The number of thiazole rings is 1. The lowest BCUT2D eigenvalue weighted by Crippen LogP contribution is -2.19. The van der Waals surface area contributed by atoms with E-state index in [0.29, 0.717) is 6.04 Å². The maximum atomic E-state index is 4.46. The smallest absolute Gasteiger partial charge is 0.107 e. The molecule has 4 nitrogen and oxygen atoms in total. The molecule has 18 heavy (non-hydrogen) atoms. The van der Waals surface area contributed by atoms with Crippen LogP contribution in [0.2, 0.25) is 0 Å². The minimum Gasteiger partial charge on any atom is -0.304 e. The minimum absolute atomic E-state index is 0.294. The van der Waals surface area contributed by atoms with Crippen molar-refractivity contribution in [3.63, 3.8) is 0 Å². The number of rotatable bonds is 4. The van der Waals surface area contributed by atoms with Crippen molar-refractivity contribution in [2.24, 2.45) is 7.05 Å². The van der Waals surface area contributed by atoms with Crippen LogP contribution in [0.5, 0.6) is 0 Å². The van der Waals surface area contributed by atoms with E-state index in [-0.39, 0.29) is 0 Å². The molecule has 0 spiro atoms. The van der Waals surface area contributed by atoms with Crippen LogP contribution < -0.4 is 5.32 Å². The van der Waals surface area contributed by atoms with E-state index >= 15 is 0 Å². The van der Waals surface area contributed by atoms with Crippen LogP contribution in [0.4, 0.5) is 0 Å². The molecule has 0 radical (unpaired) electrons. The monoisotopic (exact) mass is 264 g/mol. The number of nitrogens with zero attached hydrogens (tertiary/aromatic N) is 3. The normalized spacial score (nSPS) is 12.9. The largest absolute Gasteiger partial charge is 0.304 e. The Bertz CT molecular complexity index is 541. The third kappa shape index (κ3) is 2.62. The third-order valence-corrected chi connectivity index (χ3v) is 4.19. The Kier molecular flexibility index (Phi) is 3.82. The zero-order valence-corrected chi connectivity index (χ0v) is 12.4. The molecular formula is C13H20N4S. The third-order valence-electron chi connectivity index (χ3n) is 3.22. The molecule has 98 valence electrons. The highest BCUT2D eigenvalue weighted by molar-refractivity contribution is 7.09. The predicted octanol–water partition coefficient (Wildman–Crippen LogP) is 2.65. The first-order valence-corrected chi connectivity index (χ1v) is 7.01. The van der Waals surface area contributed by atoms with E-state index in [9.17, 15) is 0 Å². The molecule has 2 aromatic rings. The zero-order valence-electron chi connectivity index (χ0n) is 11.6. The lowest BCUT2D eigenvalue weighted by molar-refractivity contribution is 0.567. The van der Waals surface area contributed by atoms with Crippen molar-refractivity contribution < 1.29 is 0 Å². The quantitative estimate of drug-likeness (QED) is 0.923. The Morgan fingerprint density at radius 3 is 2.61 bits per heavy atom. The molecule has 0 aliphatic heterocycles. The maximum absolute atomic E-state index is 4.46. The first kappa shape index (κ1) is 13.2. The van der Waals surface area contributed by atoms with Gasteiger partial charge in [0.2, 0.25) is 0 Å². The van der Waals surface area contributed by atoms with Crippen molar-refractivity contribution in [1.82, 2.24) is 20.1 Å². The summed E-state index contributed by atoms with van der Waals surface area (Å²) in [5.74, 6) is 0. The SMILES string of the molecule is Cc1csc(CNC(C)c2c(C)nn(C)c2C)n1. The average Bonchev–Trinajstić information content (AvgIpc) is 2.82. The van der Waals surface area contributed by atoms with Crippen LogP contribution in [0.15, 0.2) is 5.38 Å². The fourth-order valence-corrected chi connectivity index (χ4v) is 2.97. The molecule has 0 amide bonds. The summed E-state index contributed by atoms with van der Waals surface area (Å²) in [6.45, 7) is 9.19. The summed E-state index contributed by atoms with van der Waals surface area (Å²) >= 11 is 1.71. The summed E-state index contributed by atoms with van der Waals surface area (Å²) in [5, 5.41) is 11.2. The molecule has 2 aromatic heterocycles. The summed E-state index contributed by atoms with van der Waals surface area (Å²) in [6, 6.07) is 0.294. The van der Waals surface area contributed by atoms with E-state index in [0.717, 1.165) is 22.9 Å². The highest BCUT2D eigenvalue weighted by atomic mass is 32.1. The summed E-state index contributed by atoms with van der Waals surface area (Å²) < 4.78 is 1.94. The van der Waals surface area contributed by atoms with Gasteiger partial charge in [-0.25, -0.2) is 4.98 Å². The standard InChI is InChI=1S/C13H20N4S/c1-8-7-18-12(15-8)6-14-9(2)13-10(3)16-17(5)11(13)4/h7,9,14H,6H2,1-5H3. The van der Waals surface area contributed by atoms with Crippen molar-refractivity contribution in [2.45, 2.75) is 40.3 Å². The van der Waals surface area contributed by atoms with Gasteiger partial charge in [-0.05, 0) is 27.7 Å². The van der Waals surface area contributed by atoms with Gasteiger partial charge in [0.25, 0.3) is 0 Å². The van der Waals surface area contributed by atoms with E-state index in [1.807, 2.05) is 18.7 Å². The molecule has 1 unspecified atom stereocenters. The number of hydrogen-bond donors (Lipinski definition) is 1. The van der Waals surface area contributed by atoms with E-state index < -0.39 is 0 Å². The summed E-state index contributed by atoms with van der Waals surface area (Å²) in [7, 11) is 1.99. The van der Waals surface area contributed by atoms with Gasteiger partial charge in [0.15, 0.2) is 0 Å². The van der Waals surface area contributed by atoms with Crippen molar-refractivity contribution in [3.8, 4) is 0 Å². The Hall–Kier alpha value is -1.20. The van der Waals surface area contributed by atoms with Gasteiger partial charge < -0.3 is 5.32 Å². The van der Waals surface area contributed by atoms with Gasteiger partial charge in [0, 0.05) is 42.0 Å². The topological polar surface area (TPSA) is 42.7 Å². The number of nitrogens with one attached hydrogen (secondary N) is 1. The lowest BCUT2D eigenvalue weighted by Gasteiger charge is -2.13. The molecule has 0 aromatic carbocycles. The van der Waals surface area contributed by atoms with Crippen LogP contribution in [0.3, 0.4) is 0 Å². The van der Waals surface area contributed by atoms with E-state index in [4.69, 9.17) is 0 Å². The van der Waals surface area contributed by atoms with Crippen LogP contribution in [0, 0.1) is 20.8 Å². The summed E-state index contributed by atoms with van der Waals surface area (Å²) in [4.78, 5) is 4.46. The average molecular weight is 264 g/mol. The van der Waals surface area contributed by atoms with Crippen molar-refractivity contribution in [2.75, 3.05) is 0 Å². The fourth-order valence-electron chi connectivity index (χ4n) is 2.24. The summed E-state index contributed by atoms with van der Waals surface area (Å²) in [5.41, 5.74) is 4.72. The maximum Gasteiger partial charge on any atom is 0.107 e. The van der Waals surface area contributed by atoms with Crippen LogP contribution >= 0.6 is 11.3 Å². The van der Waals surface area contributed by atoms with Crippen LogP contribution in [-0.2, 0) is 13.6 Å². The molecule has 1 N–H and O–H groups in total. The second kappa shape index (κ2) is 5.20. The predicted molar refractivity (Wildman–Crippen MR) is 74.8 cm³/mol. The number of aryl methyl sites for hydroxylation is 3. The molecule has 5 heteroatoms. The van der Waals surface area contributed by atoms with E-state index in [1.54, 1.807) is 11.3 Å². The van der Waals surface area contributed by atoms with Gasteiger partial charge in [-0.1, -0.05) is 0 Å². The second-order valence-electron chi connectivity index (χ2n) is 4.69. The van der Waals surface area contributed by atoms with Gasteiger partial charge in [-0.3, -0.25) is 4.68 Å². The molecular weight excluding hydrogens is 244 g/mol. The summed E-state index contributed by atoms with van der Waals surface area (Å²) in [6.07, 6.45) is 0. The van der Waals surface area contributed by atoms with Crippen LogP contribution in [0.1, 0.15) is 40.6 Å². The van der Waals surface area contributed by atoms with E-state index in [2.05, 4.69) is 41.6 Å². The lowest BCUT2D eigenvalue weighted by atomic mass is 10.1. The van der Waals surface area contributed by atoms with Gasteiger partial charge in [-0.2, -0.15) is 5.10 Å². The first-order chi connectivity index (χ1) is 8.49. The molecule has 2 rings (SSSR count). The Labute approximate surface area is 112 Å². The van der Waals surface area contributed by atoms with E-state index in [1.165, 1.54) is 11.3 Å². The minimum atomic E-state index is 0.294. The van der Waals surface area contributed by atoms with Gasteiger partial charge >= 0.3 is 0 Å². The van der Waals surface area contributed by atoms with Crippen molar-refractivity contribution in [3.05, 3.63) is 33.0 Å². The molecule has 0 aliphatic rings. The molecule has 2 heterocycles. The Balaban J connectivity index is 2.05. The molecule has 0 fully saturated rings. The number of hydrogen-bond acceptors (Lipinski definition) is 4. The van der Waals surface area contributed by atoms with Crippen LogP contribution in [0.25, 0.3) is 0 Å². The van der Waals surface area contributed by atoms with Crippen molar-refractivity contribution >= 4 is 11.3 Å². The Morgan fingerprint density at radius 1 is 1.39 bits per heavy atom. The van der Waals surface area contributed by atoms with Gasteiger partial charge in [0.1, 0.15) is 5.01 Å². The van der Waals surface area contributed by atoms with Crippen LogP contribution in [-0.4, -0.2) is 14.8 Å². The molecule has 1 atom stereocenters. The molecule has 0 saturated carbocycles. The van der Waals surface area contributed by atoms with Gasteiger partial charge in [0.05, 0.1) is 5.69 Å². The molecule has 0 aliphatic carbocycles. The Morgan fingerprint density at radius 2 is 2.11 bits per heavy atom. The first-order valence-electron chi connectivity index (χ1n) is 6.13. The van der Waals surface area contributed by atoms with Crippen molar-refractivity contribution in [1.29, 1.82) is 0 Å². The highest BCUT2D eigenvalue weighted by Crippen LogP contribution is 2.21. The molecule has 0 saturated heterocycles.